The molecule has 1 aromatic rings. The highest BCUT2D eigenvalue weighted by Gasteiger charge is 2.48. The van der Waals surface area contributed by atoms with Crippen molar-refractivity contribution in [1.29, 1.82) is 0 Å². The first-order chi connectivity index (χ1) is 17.0. The molecular weight excluding hydrogens is 472 g/mol. The summed E-state index contributed by atoms with van der Waals surface area (Å²) >= 11 is 0. The van der Waals surface area contributed by atoms with E-state index in [9.17, 15) is 19.2 Å². The minimum Gasteiger partial charge on any atom is -0.496 e. The molecule has 4 atom stereocenters. The number of carbonyl (C=O) groups excluding carboxylic acids is 4. The van der Waals surface area contributed by atoms with Crippen LogP contribution in [0, 0.1) is 5.41 Å². The molecule has 1 aliphatic heterocycles. The molecule has 0 spiro atoms. The third-order valence-electron chi connectivity index (χ3n) is 6.52. The highest BCUT2D eigenvalue weighted by atomic mass is 16.6. The summed E-state index contributed by atoms with van der Waals surface area (Å²) in [5.74, 6) is -1.56. The minimum absolute atomic E-state index is 0.134. The zero-order valence-electron chi connectivity index (χ0n) is 21.4. The second kappa shape index (κ2) is 11.7. The molecule has 1 saturated heterocycles. The molecule has 198 valence electrons. The lowest BCUT2D eigenvalue weighted by molar-refractivity contribution is -0.227. The second-order valence-electron chi connectivity index (χ2n) is 9.46. The molecule has 0 radical (unpaired) electrons. The summed E-state index contributed by atoms with van der Waals surface area (Å²) in [5, 5.41) is 0. The van der Waals surface area contributed by atoms with Crippen molar-refractivity contribution in [3.63, 3.8) is 0 Å². The Morgan fingerprint density at radius 1 is 0.889 bits per heavy atom. The molecule has 2 fully saturated rings. The minimum atomic E-state index is -1.17. The molecule has 1 saturated carbocycles. The van der Waals surface area contributed by atoms with Crippen LogP contribution in [0.25, 0.3) is 0 Å². The van der Waals surface area contributed by atoms with E-state index in [-0.39, 0.29) is 18.3 Å². The Hall–Kier alpha value is -3.14. The Kier molecular flexibility index (Phi) is 8.94. The maximum Gasteiger partial charge on any atom is 0.317 e. The summed E-state index contributed by atoms with van der Waals surface area (Å²) in [5.41, 5.74) is -0.140. The number of ether oxygens (including phenoxy) is 6. The molecule has 1 aliphatic carbocycles. The van der Waals surface area contributed by atoms with E-state index in [1.807, 2.05) is 6.92 Å². The van der Waals surface area contributed by atoms with Gasteiger partial charge in [-0.3, -0.25) is 19.2 Å². The van der Waals surface area contributed by atoms with Crippen LogP contribution in [-0.2, 0) is 38.1 Å². The molecule has 1 aromatic carbocycles. The first-order valence-electron chi connectivity index (χ1n) is 12.1. The number of benzene rings is 1. The fourth-order valence-electron chi connectivity index (χ4n) is 4.77. The Bertz CT molecular complexity index is 981. The number of hydrogen-bond donors (Lipinski definition) is 0. The van der Waals surface area contributed by atoms with Crippen molar-refractivity contribution in [2.75, 3.05) is 13.7 Å². The lowest BCUT2D eigenvalue weighted by atomic mass is 9.76. The largest absolute Gasteiger partial charge is 0.496 e. The Balaban J connectivity index is 1.96. The van der Waals surface area contributed by atoms with Gasteiger partial charge < -0.3 is 28.4 Å². The van der Waals surface area contributed by atoms with Crippen LogP contribution >= 0.6 is 0 Å². The maximum atomic E-state index is 13.0. The monoisotopic (exact) mass is 506 g/mol. The number of hydrogen-bond acceptors (Lipinski definition) is 10. The van der Waals surface area contributed by atoms with Crippen molar-refractivity contribution in [3.8, 4) is 11.5 Å². The quantitative estimate of drug-likeness (QED) is 0.309. The van der Waals surface area contributed by atoms with Crippen LogP contribution in [-0.4, -0.2) is 55.9 Å². The standard InChI is InChI=1S/C26H34O10/c1-15(27)33-21-14-32-22(24(35-17(3)29)23(21)34-16(2)28)19-13-18(9-10-20(19)31-5)36-25(30)26(4)11-7-6-8-12-26/h9-10,13,21-24H,6-8,11-12,14H2,1-5H3/t21-,22+,23-,24+/m1/s1. The van der Waals surface area contributed by atoms with E-state index >= 15 is 0 Å². The van der Waals surface area contributed by atoms with E-state index in [1.165, 1.54) is 27.9 Å². The van der Waals surface area contributed by atoms with Gasteiger partial charge in [0.15, 0.2) is 18.3 Å². The normalized spacial score (nSPS) is 25.2. The van der Waals surface area contributed by atoms with Crippen molar-refractivity contribution in [3.05, 3.63) is 23.8 Å². The van der Waals surface area contributed by atoms with Gasteiger partial charge in [-0.1, -0.05) is 19.3 Å². The predicted molar refractivity (Wildman–Crippen MR) is 125 cm³/mol. The number of esters is 4. The number of methoxy groups -OCH3 is 1. The van der Waals surface area contributed by atoms with Crippen molar-refractivity contribution < 1.29 is 47.6 Å². The highest BCUT2D eigenvalue weighted by Crippen LogP contribution is 2.41. The highest BCUT2D eigenvalue weighted by molar-refractivity contribution is 5.79. The van der Waals surface area contributed by atoms with Crippen LogP contribution in [0.5, 0.6) is 11.5 Å². The van der Waals surface area contributed by atoms with Crippen LogP contribution in [0.2, 0.25) is 0 Å². The Labute approximate surface area is 210 Å². The van der Waals surface area contributed by atoms with E-state index in [0.29, 0.717) is 11.3 Å². The van der Waals surface area contributed by atoms with Gasteiger partial charge in [-0.25, -0.2) is 0 Å². The topological polar surface area (TPSA) is 124 Å². The molecule has 0 N–H and O–H groups in total. The summed E-state index contributed by atoms with van der Waals surface area (Å²) in [4.78, 5) is 48.5. The average Bonchev–Trinajstić information content (AvgIpc) is 2.81. The fourth-order valence-corrected chi connectivity index (χ4v) is 4.77. The van der Waals surface area contributed by atoms with Crippen molar-refractivity contribution >= 4 is 23.9 Å². The molecule has 36 heavy (non-hydrogen) atoms. The van der Waals surface area contributed by atoms with Gasteiger partial charge in [0, 0.05) is 26.3 Å². The predicted octanol–water partition coefficient (Wildman–Crippen LogP) is 3.44. The molecule has 10 heteroatoms. The summed E-state index contributed by atoms with van der Waals surface area (Å²) in [6.07, 6.45) is 0.304. The molecule has 3 rings (SSSR count). The maximum absolute atomic E-state index is 13.0. The number of rotatable bonds is 7. The fraction of sp³-hybridized carbons (Fsp3) is 0.615. The van der Waals surface area contributed by atoms with E-state index in [1.54, 1.807) is 18.2 Å². The third-order valence-corrected chi connectivity index (χ3v) is 6.52. The summed E-state index contributed by atoms with van der Waals surface area (Å²) in [7, 11) is 1.46. The molecule has 0 unspecified atom stereocenters. The molecule has 0 bridgehead atoms. The summed E-state index contributed by atoms with van der Waals surface area (Å²) in [6.45, 7) is 5.40. The summed E-state index contributed by atoms with van der Waals surface area (Å²) in [6, 6.07) is 4.82. The average molecular weight is 507 g/mol. The molecule has 2 aliphatic rings. The van der Waals surface area contributed by atoms with Crippen LogP contribution in [0.4, 0.5) is 0 Å². The van der Waals surface area contributed by atoms with Gasteiger partial charge in [-0.2, -0.15) is 0 Å². The van der Waals surface area contributed by atoms with Crippen molar-refractivity contribution in [1.82, 2.24) is 0 Å². The second-order valence-corrected chi connectivity index (χ2v) is 9.46. The van der Waals surface area contributed by atoms with Gasteiger partial charge in [0.2, 0.25) is 0 Å². The Morgan fingerprint density at radius 2 is 1.50 bits per heavy atom. The lowest BCUT2D eigenvalue weighted by Gasteiger charge is -2.41. The van der Waals surface area contributed by atoms with Crippen LogP contribution in [0.1, 0.15) is 71.5 Å². The van der Waals surface area contributed by atoms with Gasteiger partial charge in [-0.05, 0) is 38.0 Å². The lowest BCUT2D eigenvalue weighted by Crippen LogP contribution is -2.54. The molecule has 0 amide bonds. The van der Waals surface area contributed by atoms with Gasteiger partial charge in [-0.15, -0.1) is 0 Å². The van der Waals surface area contributed by atoms with E-state index in [2.05, 4.69) is 0 Å². The van der Waals surface area contributed by atoms with Crippen LogP contribution < -0.4 is 9.47 Å². The summed E-state index contributed by atoms with van der Waals surface area (Å²) < 4.78 is 33.5. The zero-order chi connectivity index (χ0) is 26.5. The Morgan fingerprint density at radius 3 is 2.08 bits per heavy atom. The molecule has 0 aromatic heterocycles. The van der Waals surface area contributed by atoms with Gasteiger partial charge >= 0.3 is 23.9 Å². The SMILES string of the molecule is COc1ccc(OC(=O)C2(C)CCCCC2)cc1[C@@H]1OC[C@@H](OC(C)=O)[C@@H](OC(C)=O)[C@H]1OC(C)=O. The van der Waals surface area contributed by atoms with E-state index < -0.39 is 47.7 Å². The first-order valence-corrected chi connectivity index (χ1v) is 12.1. The van der Waals surface area contributed by atoms with E-state index in [4.69, 9.17) is 28.4 Å². The zero-order valence-corrected chi connectivity index (χ0v) is 21.4. The molecular formula is C26H34O10. The first kappa shape index (κ1) is 27.4. The smallest absolute Gasteiger partial charge is 0.317 e. The van der Waals surface area contributed by atoms with Gasteiger partial charge in [0.1, 0.15) is 17.6 Å². The van der Waals surface area contributed by atoms with Crippen LogP contribution in [0.15, 0.2) is 18.2 Å². The third kappa shape index (κ3) is 6.54. The van der Waals surface area contributed by atoms with Crippen molar-refractivity contribution in [2.45, 2.75) is 84.2 Å². The van der Waals surface area contributed by atoms with Gasteiger partial charge in [0.05, 0.1) is 19.1 Å². The van der Waals surface area contributed by atoms with E-state index in [0.717, 1.165) is 32.1 Å². The molecule has 1 heterocycles. The number of carbonyl (C=O) groups is 4. The van der Waals surface area contributed by atoms with Crippen LogP contribution in [0.3, 0.4) is 0 Å². The van der Waals surface area contributed by atoms with Gasteiger partial charge in [0.25, 0.3) is 0 Å². The molecule has 10 nitrogen and oxygen atoms in total. The van der Waals surface area contributed by atoms with Crippen molar-refractivity contribution in [2.24, 2.45) is 5.41 Å².